The second kappa shape index (κ2) is 6.47. The summed E-state index contributed by atoms with van der Waals surface area (Å²) in [6.07, 6.45) is -0.777. The predicted molar refractivity (Wildman–Crippen MR) is 90.5 cm³/mol. The fourth-order valence-corrected chi connectivity index (χ4v) is 3.48. The highest BCUT2D eigenvalue weighted by atomic mass is 16.4. The van der Waals surface area contributed by atoms with Crippen molar-refractivity contribution in [3.63, 3.8) is 0 Å². The predicted octanol–water partition coefficient (Wildman–Crippen LogP) is 2.88. The van der Waals surface area contributed by atoms with Gasteiger partial charge in [0.2, 0.25) is 0 Å². The number of benzene rings is 2. The second-order valence-corrected chi connectivity index (χ2v) is 6.28. The van der Waals surface area contributed by atoms with E-state index in [0.29, 0.717) is 17.5 Å². The molecule has 130 valence electrons. The van der Waals surface area contributed by atoms with E-state index in [1.54, 1.807) is 30.3 Å². The molecule has 2 aromatic rings. The molecule has 0 radical (unpaired) electrons. The first-order chi connectivity index (χ1) is 11.9. The number of hydrogen-bond acceptors (Lipinski definition) is 3. The summed E-state index contributed by atoms with van der Waals surface area (Å²) in [5.74, 6) is -1.19. The number of aliphatic carboxylic acids is 1. The summed E-state index contributed by atoms with van der Waals surface area (Å²) < 4.78 is 0. The first kappa shape index (κ1) is 16.8. The molecule has 1 aliphatic carbocycles. The standard InChI is InChI=1S/C19H19NO5/c21-16-8-4-7-14-9-10-19(17(22)23,11-15(14)16)20(18(24)25)12-13-5-2-1-3-6-13/h1-8,21H,9-12H2,(H,22,23)(H,24,25)/t19-/m0/s1. The number of phenolic OH excluding ortho intramolecular Hbond substituents is 1. The summed E-state index contributed by atoms with van der Waals surface area (Å²) in [7, 11) is 0. The summed E-state index contributed by atoms with van der Waals surface area (Å²) in [5, 5.41) is 29.8. The van der Waals surface area contributed by atoms with Gasteiger partial charge in [0.25, 0.3) is 0 Å². The lowest BCUT2D eigenvalue weighted by Gasteiger charge is -2.42. The van der Waals surface area contributed by atoms with Gasteiger partial charge in [-0.15, -0.1) is 0 Å². The van der Waals surface area contributed by atoms with Crippen molar-refractivity contribution in [2.45, 2.75) is 31.3 Å². The molecule has 3 rings (SSSR count). The van der Waals surface area contributed by atoms with E-state index >= 15 is 0 Å². The van der Waals surface area contributed by atoms with Crippen LogP contribution >= 0.6 is 0 Å². The minimum Gasteiger partial charge on any atom is -0.508 e. The van der Waals surface area contributed by atoms with E-state index in [2.05, 4.69) is 0 Å². The summed E-state index contributed by atoms with van der Waals surface area (Å²) in [6.45, 7) is -0.0224. The van der Waals surface area contributed by atoms with Gasteiger partial charge in [-0.05, 0) is 35.6 Å². The van der Waals surface area contributed by atoms with Gasteiger partial charge in [0.1, 0.15) is 11.3 Å². The monoisotopic (exact) mass is 341 g/mol. The maximum Gasteiger partial charge on any atom is 0.408 e. The van der Waals surface area contributed by atoms with Crippen molar-refractivity contribution in [2.75, 3.05) is 0 Å². The van der Waals surface area contributed by atoms with Crippen molar-refractivity contribution in [2.24, 2.45) is 0 Å². The molecule has 0 bridgehead atoms. The van der Waals surface area contributed by atoms with E-state index in [-0.39, 0.29) is 25.1 Å². The highest BCUT2D eigenvalue weighted by molar-refractivity contribution is 5.85. The highest BCUT2D eigenvalue weighted by Gasteiger charge is 2.49. The Morgan fingerprint density at radius 3 is 2.40 bits per heavy atom. The highest BCUT2D eigenvalue weighted by Crippen LogP contribution is 2.38. The molecule has 3 N–H and O–H groups in total. The quantitative estimate of drug-likeness (QED) is 0.794. The van der Waals surface area contributed by atoms with Gasteiger partial charge >= 0.3 is 12.1 Å². The molecule has 0 saturated heterocycles. The van der Waals surface area contributed by atoms with Crippen LogP contribution in [0.2, 0.25) is 0 Å². The molecule has 0 unspecified atom stereocenters. The molecule has 25 heavy (non-hydrogen) atoms. The van der Waals surface area contributed by atoms with Crippen LogP contribution in [0.5, 0.6) is 5.75 Å². The molecule has 0 fully saturated rings. The van der Waals surface area contributed by atoms with Gasteiger partial charge in [-0.3, -0.25) is 4.90 Å². The number of aromatic hydroxyl groups is 1. The van der Waals surface area contributed by atoms with E-state index in [1.165, 1.54) is 6.07 Å². The number of aryl methyl sites for hydroxylation is 1. The average Bonchev–Trinajstić information content (AvgIpc) is 2.60. The Labute approximate surface area is 145 Å². The number of hydrogen-bond donors (Lipinski definition) is 3. The van der Waals surface area contributed by atoms with Crippen LogP contribution in [-0.4, -0.2) is 37.8 Å². The Balaban J connectivity index is 2.03. The van der Waals surface area contributed by atoms with Gasteiger partial charge in [0.05, 0.1) is 6.54 Å². The SMILES string of the molecule is O=C(O)N(Cc1ccccc1)[C@@]1(C(=O)O)CCc2cccc(O)c2C1. The van der Waals surface area contributed by atoms with Gasteiger partial charge in [0.15, 0.2) is 0 Å². The van der Waals surface area contributed by atoms with Gasteiger partial charge in [-0.2, -0.15) is 0 Å². The van der Waals surface area contributed by atoms with E-state index in [1.807, 2.05) is 12.1 Å². The zero-order valence-electron chi connectivity index (χ0n) is 13.6. The van der Waals surface area contributed by atoms with Crippen LogP contribution in [0.3, 0.4) is 0 Å². The summed E-state index contributed by atoms with van der Waals surface area (Å²) in [4.78, 5) is 25.0. The van der Waals surface area contributed by atoms with Crippen LogP contribution in [0.4, 0.5) is 4.79 Å². The summed E-state index contributed by atoms with van der Waals surface area (Å²) >= 11 is 0. The number of amides is 1. The molecule has 0 spiro atoms. The smallest absolute Gasteiger partial charge is 0.408 e. The van der Waals surface area contributed by atoms with E-state index in [9.17, 15) is 24.9 Å². The number of carboxylic acid groups (broad SMARTS) is 2. The molecule has 2 aromatic carbocycles. The minimum absolute atomic E-state index is 0.00729. The number of carboxylic acids is 1. The maximum absolute atomic E-state index is 12.1. The van der Waals surface area contributed by atoms with Crippen LogP contribution < -0.4 is 0 Å². The van der Waals surface area contributed by atoms with Crippen LogP contribution in [0, 0.1) is 0 Å². The second-order valence-electron chi connectivity index (χ2n) is 6.28. The van der Waals surface area contributed by atoms with Crippen molar-refractivity contribution in [3.05, 3.63) is 65.2 Å². The number of rotatable bonds is 4. The molecule has 0 aromatic heterocycles. The molecular weight excluding hydrogens is 322 g/mol. The van der Waals surface area contributed by atoms with E-state index < -0.39 is 17.6 Å². The maximum atomic E-state index is 12.1. The lowest BCUT2D eigenvalue weighted by atomic mass is 9.76. The van der Waals surface area contributed by atoms with Crippen LogP contribution in [0.25, 0.3) is 0 Å². The van der Waals surface area contributed by atoms with Gasteiger partial charge in [-0.1, -0.05) is 42.5 Å². The van der Waals surface area contributed by atoms with Crippen LogP contribution in [0.15, 0.2) is 48.5 Å². The fraction of sp³-hybridized carbons (Fsp3) is 0.263. The van der Waals surface area contributed by atoms with Crippen LogP contribution in [0.1, 0.15) is 23.1 Å². The van der Waals surface area contributed by atoms with Crippen molar-refractivity contribution < 1.29 is 24.9 Å². The molecule has 1 atom stereocenters. The number of phenols is 1. The Hall–Kier alpha value is -3.02. The largest absolute Gasteiger partial charge is 0.508 e. The number of carbonyl (C=O) groups is 2. The zero-order chi connectivity index (χ0) is 18.0. The first-order valence-electron chi connectivity index (χ1n) is 8.01. The van der Waals surface area contributed by atoms with Crippen molar-refractivity contribution in [3.8, 4) is 5.75 Å². The van der Waals surface area contributed by atoms with Crippen molar-refractivity contribution in [1.82, 2.24) is 4.90 Å². The summed E-state index contributed by atoms with van der Waals surface area (Å²) in [5.41, 5.74) is 0.485. The van der Waals surface area contributed by atoms with Crippen molar-refractivity contribution in [1.29, 1.82) is 0 Å². The Bertz CT molecular complexity index is 805. The third-order valence-corrected chi connectivity index (χ3v) is 4.85. The Kier molecular flexibility index (Phi) is 4.35. The third kappa shape index (κ3) is 3.03. The topological polar surface area (TPSA) is 98.1 Å². The molecule has 0 aliphatic heterocycles. The Morgan fingerprint density at radius 2 is 1.76 bits per heavy atom. The molecular formula is C19H19NO5. The zero-order valence-corrected chi connectivity index (χ0v) is 13.6. The van der Waals surface area contributed by atoms with Gasteiger partial charge < -0.3 is 15.3 Å². The van der Waals surface area contributed by atoms with E-state index in [4.69, 9.17) is 0 Å². The normalized spacial score (nSPS) is 19.0. The Morgan fingerprint density at radius 1 is 1.04 bits per heavy atom. The molecule has 6 heteroatoms. The lowest BCUT2D eigenvalue weighted by molar-refractivity contribution is -0.151. The fourth-order valence-electron chi connectivity index (χ4n) is 3.48. The molecule has 0 saturated carbocycles. The summed E-state index contributed by atoms with van der Waals surface area (Å²) in [6, 6.07) is 14.0. The third-order valence-electron chi connectivity index (χ3n) is 4.85. The number of fused-ring (bicyclic) bond motifs is 1. The molecule has 1 aliphatic rings. The minimum atomic E-state index is -1.60. The van der Waals surface area contributed by atoms with Crippen LogP contribution in [-0.2, 0) is 24.2 Å². The lowest BCUT2D eigenvalue weighted by Crippen LogP contribution is -2.59. The van der Waals surface area contributed by atoms with Gasteiger partial charge in [-0.25, -0.2) is 9.59 Å². The average molecular weight is 341 g/mol. The molecule has 1 amide bonds. The molecule has 6 nitrogen and oxygen atoms in total. The number of nitrogens with zero attached hydrogens (tertiary/aromatic N) is 1. The van der Waals surface area contributed by atoms with E-state index in [0.717, 1.165) is 10.5 Å². The first-order valence-corrected chi connectivity index (χ1v) is 8.01. The van der Waals surface area contributed by atoms with Crippen molar-refractivity contribution >= 4 is 12.1 Å². The molecule has 0 heterocycles. The van der Waals surface area contributed by atoms with Gasteiger partial charge in [0, 0.05) is 6.42 Å².